The number of rotatable bonds is 3. The number of imidazole rings is 1. The number of hydrogen-bond donors (Lipinski definition) is 0. The highest BCUT2D eigenvalue weighted by atomic mass is 16.5. The molecule has 0 bridgehead atoms. The van der Waals surface area contributed by atoms with Crippen LogP contribution in [0.2, 0.25) is 0 Å². The molecule has 0 radical (unpaired) electrons. The predicted octanol–water partition coefficient (Wildman–Crippen LogP) is 1.49. The summed E-state index contributed by atoms with van der Waals surface area (Å²) in [5.41, 5.74) is 2.25. The molecule has 1 aromatic rings. The van der Waals surface area contributed by atoms with Crippen LogP contribution in [-0.2, 0) is 11.5 Å². The van der Waals surface area contributed by atoms with E-state index in [0.29, 0.717) is 6.73 Å². The summed E-state index contributed by atoms with van der Waals surface area (Å²) in [6, 6.07) is 0. The molecule has 0 atom stereocenters. The maximum atomic E-state index is 5.24. The molecule has 0 aliphatic rings. The highest BCUT2D eigenvalue weighted by molar-refractivity contribution is 5.07. The first-order valence-corrected chi connectivity index (χ1v) is 3.81. The fraction of sp³-hybridized carbons (Fsp3) is 0.625. The van der Waals surface area contributed by atoms with Gasteiger partial charge in [0.05, 0.1) is 12.0 Å². The summed E-state index contributed by atoms with van der Waals surface area (Å²) < 4.78 is 7.24. The molecule has 1 heterocycles. The Bertz CT molecular complexity index is 230. The van der Waals surface area contributed by atoms with Gasteiger partial charge in [-0.15, -0.1) is 0 Å². The molecule has 0 aliphatic carbocycles. The minimum Gasteiger partial charge on any atom is -0.361 e. The molecule has 0 spiro atoms. The molecule has 0 aliphatic heterocycles. The van der Waals surface area contributed by atoms with Crippen LogP contribution in [0.1, 0.15) is 18.3 Å². The standard InChI is InChI=1S/C8H14N2O/c1-4-11-6-10-5-9-7(2)8(10)3/h5H,4,6H2,1-3H3. The highest BCUT2D eigenvalue weighted by Crippen LogP contribution is 2.03. The molecular formula is C8H14N2O. The second-order valence-corrected chi connectivity index (χ2v) is 2.51. The Balaban J connectivity index is 2.63. The third-order valence-corrected chi connectivity index (χ3v) is 1.78. The van der Waals surface area contributed by atoms with Crippen molar-refractivity contribution in [2.75, 3.05) is 6.61 Å². The smallest absolute Gasteiger partial charge is 0.123 e. The maximum Gasteiger partial charge on any atom is 0.123 e. The summed E-state index contributed by atoms with van der Waals surface area (Å²) in [5.74, 6) is 0. The van der Waals surface area contributed by atoms with Gasteiger partial charge in [0.15, 0.2) is 0 Å². The third-order valence-electron chi connectivity index (χ3n) is 1.78. The van der Waals surface area contributed by atoms with Crippen molar-refractivity contribution in [3.8, 4) is 0 Å². The van der Waals surface area contributed by atoms with Crippen LogP contribution in [-0.4, -0.2) is 16.2 Å². The molecule has 1 aromatic heterocycles. The first-order chi connectivity index (χ1) is 5.25. The van der Waals surface area contributed by atoms with Crippen LogP contribution in [0.25, 0.3) is 0 Å². The van der Waals surface area contributed by atoms with Crippen molar-refractivity contribution in [3.63, 3.8) is 0 Å². The molecule has 0 amide bonds. The van der Waals surface area contributed by atoms with E-state index in [1.165, 1.54) is 5.69 Å². The van der Waals surface area contributed by atoms with E-state index in [4.69, 9.17) is 4.74 Å². The average Bonchev–Trinajstić information content (AvgIpc) is 2.31. The van der Waals surface area contributed by atoms with Gasteiger partial charge in [-0.1, -0.05) is 0 Å². The lowest BCUT2D eigenvalue weighted by atomic mass is 10.4. The van der Waals surface area contributed by atoms with E-state index in [1.54, 1.807) is 6.33 Å². The summed E-state index contributed by atoms with van der Waals surface area (Å²) in [6.45, 7) is 7.39. The lowest BCUT2D eigenvalue weighted by Crippen LogP contribution is -2.02. The van der Waals surface area contributed by atoms with Gasteiger partial charge in [0.25, 0.3) is 0 Å². The number of aromatic nitrogens is 2. The minimum absolute atomic E-state index is 0.614. The Morgan fingerprint density at radius 1 is 1.55 bits per heavy atom. The topological polar surface area (TPSA) is 27.1 Å². The van der Waals surface area contributed by atoms with Crippen LogP contribution in [0.15, 0.2) is 6.33 Å². The predicted molar refractivity (Wildman–Crippen MR) is 43.3 cm³/mol. The van der Waals surface area contributed by atoms with Crippen molar-refractivity contribution >= 4 is 0 Å². The molecular weight excluding hydrogens is 140 g/mol. The van der Waals surface area contributed by atoms with Gasteiger partial charge in [-0.25, -0.2) is 4.98 Å². The van der Waals surface area contributed by atoms with Gasteiger partial charge in [-0.2, -0.15) is 0 Å². The Morgan fingerprint density at radius 2 is 2.27 bits per heavy atom. The molecule has 62 valence electrons. The lowest BCUT2D eigenvalue weighted by molar-refractivity contribution is 0.0864. The quantitative estimate of drug-likeness (QED) is 0.659. The van der Waals surface area contributed by atoms with Crippen molar-refractivity contribution in [1.29, 1.82) is 0 Å². The Morgan fingerprint density at radius 3 is 2.73 bits per heavy atom. The Labute approximate surface area is 67.0 Å². The Kier molecular flexibility index (Phi) is 2.65. The van der Waals surface area contributed by atoms with Crippen LogP contribution in [0.4, 0.5) is 0 Å². The van der Waals surface area contributed by atoms with Crippen LogP contribution >= 0.6 is 0 Å². The molecule has 1 rings (SSSR count). The fourth-order valence-electron chi connectivity index (χ4n) is 0.864. The van der Waals surface area contributed by atoms with E-state index in [2.05, 4.69) is 4.98 Å². The Hall–Kier alpha value is -0.830. The van der Waals surface area contributed by atoms with Gasteiger partial charge in [-0.3, -0.25) is 0 Å². The van der Waals surface area contributed by atoms with Gasteiger partial charge in [0, 0.05) is 12.3 Å². The summed E-state index contributed by atoms with van der Waals surface area (Å²) in [5, 5.41) is 0. The van der Waals surface area contributed by atoms with E-state index in [-0.39, 0.29) is 0 Å². The van der Waals surface area contributed by atoms with Gasteiger partial charge >= 0.3 is 0 Å². The third kappa shape index (κ3) is 1.80. The van der Waals surface area contributed by atoms with Crippen molar-refractivity contribution < 1.29 is 4.74 Å². The van der Waals surface area contributed by atoms with E-state index in [1.807, 2.05) is 25.3 Å². The molecule has 0 N–H and O–H groups in total. The summed E-state index contributed by atoms with van der Waals surface area (Å²) in [6.07, 6.45) is 1.81. The van der Waals surface area contributed by atoms with Crippen LogP contribution in [0.3, 0.4) is 0 Å². The molecule has 11 heavy (non-hydrogen) atoms. The van der Waals surface area contributed by atoms with E-state index in [0.717, 1.165) is 12.3 Å². The molecule has 0 saturated heterocycles. The molecule has 0 fully saturated rings. The van der Waals surface area contributed by atoms with Crippen LogP contribution in [0, 0.1) is 13.8 Å². The summed E-state index contributed by atoms with van der Waals surface area (Å²) in [7, 11) is 0. The second kappa shape index (κ2) is 3.53. The average molecular weight is 154 g/mol. The maximum absolute atomic E-state index is 5.24. The van der Waals surface area contributed by atoms with Crippen LogP contribution in [0.5, 0.6) is 0 Å². The largest absolute Gasteiger partial charge is 0.361 e. The summed E-state index contributed by atoms with van der Waals surface area (Å²) >= 11 is 0. The van der Waals surface area contributed by atoms with Gasteiger partial charge in [0.1, 0.15) is 6.73 Å². The zero-order valence-corrected chi connectivity index (χ0v) is 7.29. The van der Waals surface area contributed by atoms with Gasteiger partial charge in [-0.05, 0) is 20.8 Å². The molecule has 0 unspecified atom stereocenters. The van der Waals surface area contributed by atoms with Crippen LogP contribution < -0.4 is 0 Å². The minimum atomic E-state index is 0.614. The van der Waals surface area contributed by atoms with Gasteiger partial charge < -0.3 is 9.30 Å². The molecule has 0 aromatic carbocycles. The normalized spacial score (nSPS) is 10.5. The van der Waals surface area contributed by atoms with E-state index < -0.39 is 0 Å². The van der Waals surface area contributed by atoms with Crippen molar-refractivity contribution in [2.24, 2.45) is 0 Å². The zero-order chi connectivity index (χ0) is 8.27. The number of hydrogen-bond acceptors (Lipinski definition) is 2. The van der Waals surface area contributed by atoms with E-state index in [9.17, 15) is 0 Å². The number of aryl methyl sites for hydroxylation is 1. The van der Waals surface area contributed by atoms with Crippen molar-refractivity contribution in [2.45, 2.75) is 27.5 Å². The SMILES string of the molecule is CCOCn1cnc(C)c1C. The number of nitrogens with zero attached hydrogens (tertiary/aromatic N) is 2. The highest BCUT2D eigenvalue weighted by Gasteiger charge is 1.99. The first-order valence-electron chi connectivity index (χ1n) is 3.81. The fourth-order valence-corrected chi connectivity index (χ4v) is 0.864. The van der Waals surface area contributed by atoms with Crippen molar-refractivity contribution in [3.05, 3.63) is 17.7 Å². The molecule has 0 saturated carbocycles. The first kappa shape index (κ1) is 8.27. The van der Waals surface area contributed by atoms with Gasteiger partial charge in [0.2, 0.25) is 0 Å². The lowest BCUT2D eigenvalue weighted by Gasteiger charge is -2.03. The summed E-state index contributed by atoms with van der Waals surface area (Å²) in [4.78, 5) is 4.15. The second-order valence-electron chi connectivity index (χ2n) is 2.51. The van der Waals surface area contributed by atoms with Crippen molar-refractivity contribution in [1.82, 2.24) is 9.55 Å². The molecule has 3 nitrogen and oxygen atoms in total. The number of ether oxygens (including phenoxy) is 1. The van der Waals surface area contributed by atoms with E-state index >= 15 is 0 Å². The monoisotopic (exact) mass is 154 g/mol. The zero-order valence-electron chi connectivity index (χ0n) is 7.29. The molecule has 3 heteroatoms.